The minimum Gasteiger partial charge on any atom is -0.508 e. The van der Waals surface area contributed by atoms with Crippen molar-refractivity contribution in [1.82, 2.24) is 0 Å². The molecule has 5 heteroatoms. The third-order valence-corrected chi connectivity index (χ3v) is 2.95. The molecule has 2 N–H and O–H groups in total. The molecular formula is C11H10F2O3. The largest absolute Gasteiger partial charge is 0.508 e. The molecule has 1 saturated carbocycles. The van der Waals surface area contributed by atoms with Gasteiger partial charge in [-0.15, -0.1) is 0 Å². The Morgan fingerprint density at radius 3 is 2.38 bits per heavy atom. The van der Waals surface area contributed by atoms with Gasteiger partial charge in [-0.3, -0.25) is 4.79 Å². The highest BCUT2D eigenvalue weighted by Gasteiger charge is 2.48. The van der Waals surface area contributed by atoms with E-state index in [0.717, 1.165) is 6.07 Å². The van der Waals surface area contributed by atoms with Gasteiger partial charge in [0.25, 0.3) is 0 Å². The number of carbonyl (C=O) groups is 1. The van der Waals surface area contributed by atoms with Crippen molar-refractivity contribution in [2.24, 2.45) is 0 Å². The fraction of sp³-hybridized carbons (Fsp3) is 0.364. The van der Waals surface area contributed by atoms with Gasteiger partial charge < -0.3 is 10.2 Å². The zero-order chi connectivity index (χ0) is 11.9. The first-order valence-electron chi connectivity index (χ1n) is 4.85. The van der Waals surface area contributed by atoms with Crippen LogP contribution in [0.1, 0.15) is 24.8 Å². The summed E-state index contributed by atoms with van der Waals surface area (Å²) in [6.45, 7) is 0. The second-order valence-corrected chi connectivity index (χ2v) is 4.13. The molecule has 0 radical (unpaired) electrons. The van der Waals surface area contributed by atoms with Gasteiger partial charge >= 0.3 is 5.97 Å². The monoisotopic (exact) mass is 228 g/mol. The highest BCUT2D eigenvalue weighted by molar-refractivity contribution is 5.70. The summed E-state index contributed by atoms with van der Waals surface area (Å²) >= 11 is 0. The molecule has 0 unspecified atom stereocenters. The van der Waals surface area contributed by atoms with Crippen LogP contribution in [0, 0.1) is 11.6 Å². The van der Waals surface area contributed by atoms with Gasteiger partial charge in [0.1, 0.15) is 5.75 Å². The van der Waals surface area contributed by atoms with Crippen LogP contribution in [0.5, 0.6) is 5.75 Å². The molecule has 2 rings (SSSR count). The van der Waals surface area contributed by atoms with Crippen molar-refractivity contribution >= 4 is 5.97 Å². The molecule has 0 atom stereocenters. The summed E-state index contributed by atoms with van der Waals surface area (Å²) in [4.78, 5) is 10.6. The maximum absolute atomic E-state index is 13.0. The number of hydrogen-bond acceptors (Lipinski definition) is 2. The second kappa shape index (κ2) is 3.43. The molecule has 0 aromatic heterocycles. The molecule has 1 aromatic rings. The third kappa shape index (κ3) is 1.73. The number of carboxylic acids is 1. The second-order valence-electron chi connectivity index (χ2n) is 4.13. The molecule has 1 aliphatic rings. The Morgan fingerprint density at radius 1 is 1.31 bits per heavy atom. The SMILES string of the molecule is O=C(O)CC1(c2cc(F)c(F)cc2O)CC1. The fourth-order valence-electron chi connectivity index (χ4n) is 1.94. The van der Waals surface area contributed by atoms with Gasteiger partial charge in [0.05, 0.1) is 6.42 Å². The Hall–Kier alpha value is -1.65. The van der Waals surface area contributed by atoms with Gasteiger partial charge in [-0.1, -0.05) is 0 Å². The van der Waals surface area contributed by atoms with E-state index in [2.05, 4.69) is 0 Å². The van der Waals surface area contributed by atoms with E-state index in [4.69, 9.17) is 5.11 Å². The summed E-state index contributed by atoms with van der Waals surface area (Å²) in [7, 11) is 0. The van der Waals surface area contributed by atoms with Gasteiger partial charge in [-0.05, 0) is 18.9 Å². The highest BCUT2D eigenvalue weighted by atomic mass is 19.2. The van der Waals surface area contributed by atoms with Crippen molar-refractivity contribution in [3.8, 4) is 5.75 Å². The number of rotatable bonds is 3. The van der Waals surface area contributed by atoms with Crippen LogP contribution in [0.25, 0.3) is 0 Å². The topological polar surface area (TPSA) is 57.5 Å². The number of aliphatic carboxylic acids is 1. The van der Waals surface area contributed by atoms with Crippen molar-refractivity contribution in [1.29, 1.82) is 0 Å². The summed E-state index contributed by atoms with van der Waals surface area (Å²) in [6.07, 6.45) is 0.960. The van der Waals surface area contributed by atoms with E-state index in [-0.39, 0.29) is 17.7 Å². The van der Waals surface area contributed by atoms with E-state index < -0.39 is 23.0 Å². The highest BCUT2D eigenvalue weighted by Crippen LogP contribution is 2.53. The van der Waals surface area contributed by atoms with Crippen molar-refractivity contribution in [3.05, 3.63) is 29.3 Å². The van der Waals surface area contributed by atoms with Crippen LogP contribution in [-0.4, -0.2) is 16.2 Å². The molecule has 0 bridgehead atoms. The van der Waals surface area contributed by atoms with E-state index in [1.807, 2.05) is 0 Å². The molecule has 1 aliphatic carbocycles. The Bertz CT molecular complexity index is 453. The zero-order valence-corrected chi connectivity index (χ0v) is 8.33. The van der Waals surface area contributed by atoms with Crippen molar-refractivity contribution in [2.45, 2.75) is 24.7 Å². The van der Waals surface area contributed by atoms with Crippen LogP contribution >= 0.6 is 0 Å². The first kappa shape index (κ1) is 10.9. The Balaban J connectivity index is 2.41. The maximum atomic E-state index is 13.0. The lowest BCUT2D eigenvalue weighted by atomic mass is 9.91. The Labute approximate surface area is 90.3 Å². The summed E-state index contributed by atoms with van der Waals surface area (Å²) in [5, 5.41) is 18.2. The van der Waals surface area contributed by atoms with E-state index in [9.17, 15) is 18.7 Å². The van der Waals surface area contributed by atoms with Gasteiger partial charge in [-0.2, -0.15) is 0 Å². The molecule has 0 heterocycles. The molecule has 86 valence electrons. The summed E-state index contributed by atoms with van der Waals surface area (Å²) in [6, 6.07) is 1.58. The number of phenols is 1. The quantitative estimate of drug-likeness (QED) is 0.833. The number of hydrogen-bond donors (Lipinski definition) is 2. The first-order chi connectivity index (χ1) is 7.44. The molecule has 0 spiro atoms. The van der Waals surface area contributed by atoms with E-state index >= 15 is 0 Å². The summed E-state index contributed by atoms with van der Waals surface area (Å²) in [5.74, 6) is -3.59. The van der Waals surface area contributed by atoms with Gasteiger partial charge in [0.15, 0.2) is 11.6 Å². The first-order valence-corrected chi connectivity index (χ1v) is 4.85. The zero-order valence-electron chi connectivity index (χ0n) is 8.33. The van der Waals surface area contributed by atoms with Gasteiger partial charge in [0.2, 0.25) is 0 Å². The molecule has 0 saturated heterocycles. The van der Waals surface area contributed by atoms with Crippen molar-refractivity contribution < 1.29 is 23.8 Å². The van der Waals surface area contributed by atoms with Crippen LogP contribution in [0.15, 0.2) is 12.1 Å². The number of benzene rings is 1. The molecule has 1 aromatic carbocycles. The summed E-state index contributed by atoms with van der Waals surface area (Å²) in [5.41, 5.74) is -0.529. The lowest BCUT2D eigenvalue weighted by Gasteiger charge is -2.14. The molecule has 1 fully saturated rings. The Morgan fingerprint density at radius 2 is 1.88 bits per heavy atom. The normalized spacial score (nSPS) is 17.1. The van der Waals surface area contributed by atoms with Crippen LogP contribution in [0.4, 0.5) is 8.78 Å². The van der Waals surface area contributed by atoms with Crippen molar-refractivity contribution in [3.63, 3.8) is 0 Å². The molecular weight excluding hydrogens is 218 g/mol. The predicted molar refractivity (Wildman–Crippen MR) is 51.2 cm³/mol. The number of carboxylic acid groups (broad SMARTS) is 1. The van der Waals surface area contributed by atoms with Gasteiger partial charge in [0, 0.05) is 17.0 Å². The van der Waals surface area contributed by atoms with Crippen molar-refractivity contribution in [2.75, 3.05) is 0 Å². The average Bonchev–Trinajstić information content (AvgIpc) is 2.91. The number of aromatic hydroxyl groups is 1. The minimum absolute atomic E-state index is 0.175. The van der Waals surface area contributed by atoms with Crippen LogP contribution in [0.3, 0.4) is 0 Å². The third-order valence-electron chi connectivity index (χ3n) is 2.95. The Kier molecular flexibility index (Phi) is 2.33. The van der Waals surface area contributed by atoms with Crippen LogP contribution in [0.2, 0.25) is 0 Å². The molecule has 3 nitrogen and oxygen atoms in total. The fourth-order valence-corrected chi connectivity index (χ4v) is 1.94. The summed E-state index contributed by atoms with van der Waals surface area (Å²) < 4.78 is 25.8. The smallest absolute Gasteiger partial charge is 0.304 e. The lowest BCUT2D eigenvalue weighted by Crippen LogP contribution is -2.13. The predicted octanol–water partition coefficient (Wildman–Crippen LogP) is 2.18. The van der Waals surface area contributed by atoms with Crippen LogP contribution in [-0.2, 0) is 10.2 Å². The van der Waals surface area contributed by atoms with Gasteiger partial charge in [-0.25, -0.2) is 8.78 Å². The average molecular weight is 228 g/mol. The maximum Gasteiger partial charge on any atom is 0.304 e. The minimum atomic E-state index is -1.13. The molecule has 16 heavy (non-hydrogen) atoms. The molecule has 0 aliphatic heterocycles. The molecule has 0 amide bonds. The standard InChI is InChI=1S/C11H10F2O3/c12-7-3-6(9(14)4-8(7)13)11(1-2-11)5-10(15)16/h3-4,14H,1-2,5H2,(H,15,16). The number of phenolic OH excluding ortho intramolecular Hbond substituents is 1. The van der Waals surface area contributed by atoms with E-state index in [1.165, 1.54) is 0 Å². The number of halogens is 2. The van der Waals surface area contributed by atoms with Crippen LogP contribution < -0.4 is 0 Å². The lowest BCUT2D eigenvalue weighted by molar-refractivity contribution is -0.137. The van der Waals surface area contributed by atoms with E-state index in [1.54, 1.807) is 0 Å². The van der Waals surface area contributed by atoms with E-state index in [0.29, 0.717) is 18.9 Å².